The first kappa shape index (κ1) is 21.0. The fraction of sp³-hybridized carbons (Fsp3) is 0.120. The average molecular weight is 426 g/mol. The summed E-state index contributed by atoms with van der Waals surface area (Å²) in [5, 5.41) is 3.39. The van der Waals surface area contributed by atoms with E-state index in [0.29, 0.717) is 27.8 Å². The Hall–Kier alpha value is -4.26. The Balaban J connectivity index is 1.50. The Morgan fingerprint density at radius 1 is 1.00 bits per heavy atom. The molecular weight excluding hydrogens is 404 g/mol. The van der Waals surface area contributed by atoms with Crippen molar-refractivity contribution in [3.8, 4) is 11.3 Å². The largest absolute Gasteiger partial charge is 0.452 e. The van der Waals surface area contributed by atoms with Crippen LogP contribution < -0.4 is 10.2 Å². The second-order valence-electron chi connectivity index (χ2n) is 7.38. The van der Waals surface area contributed by atoms with Crippen LogP contribution in [0.4, 0.5) is 11.4 Å². The second kappa shape index (κ2) is 9.26. The van der Waals surface area contributed by atoms with E-state index in [1.807, 2.05) is 55.4 Å². The van der Waals surface area contributed by atoms with E-state index < -0.39 is 18.5 Å². The molecule has 0 spiro atoms. The van der Waals surface area contributed by atoms with E-state index in [4.69, 9.17) is 4.74 Å². The number of hydrogen-bond donors (Lipinski definition) is 1. The molecule has 2 aromatic heterocycles. The molecule has 2 heterocycles. The van der Waals surface area contributed by atoms with Crippen molar-refractivity contribution >= 4 is 34.2 Å². The van der Waals surface area contributed by atoms with Gasteiger partial charge in [-0.15, -0.1) is 0 Å². The van der Waals surface area contributed by atoms with E-state index >= 15 is 0 Å². The van der Waals surface area contributed by atoms with Gasteiger partial charge in [-0.05, 0) is 48.5 Å². The number of esters is 1. The lowest BCUT2D eigenvalue weighted by Crippen LogP contribution is -2.21. The number of rotatable bonds is 6. The number of nitrogens with zero attached hydrogens (tertiary/aromatic N) is 3. The summed E-state index contributed by atoms with van der Waals surface area (Å²) < 4.78 is 5.32. The van der Waals surface area contributed by atoms with Crippen LogP contribution in [0.5, 0.6) is 0 Å². The molecule has 7 nitrogen and oxygen atoms in total. The molecule has 1 amide bonds. The van der Waals surface area contributed by atoms with Gasteiger partial charge in [-0.25, -0.2) is 9.78 Å². The van der Waals surface area contributed by atoms with Crippen LogP contribution >= 0.6 is 0 Å². The fourth-order valence-electron chi connectivity index (χ4n) is 3.26. The molecule has 0 saturated heterocycles. The summed E-state index contributed by atoms with van der Waals surface area (Å²) in [4.78, 5) is 35.9. The lowest BCUT2D eigenvalue weighted by molar-refractivity contribution is -0.119. The maximum atomic E-state index is 12.9. The van der Waals surface area contributed by atoms with Crippen molar-refractivity contribution in [2.75, 3.05) is 30.9 Å². The number of hydrogen-bond acceptors (Lipinski definition) is 6. The summed E-state index contributed by atoms with van der Waals surface area (Å²) in [5.41, 5.74) is 4.04. The molecule has 0 aliphatic heterocycles. The van der Waals surface area contributed by atoms with E-state index in [0.717, 1.165) is 11.3 Å². The lowest BCUT2D eigenvalue weighted by atomic mass is 10.1. The number of nitrogens with one attached hydrogen (secondary N) is 1. The zero-order valence-corrected chi connectivity index (χ0v) is 17.8. The molecule has 0 fully saturated rings. The SMILES string of the molecule is CN(C)c1ccc(NC(=O)COC(=O)c2cc(-c3cccnc3)nc3ccccc23)cc1. The predicted octanol–water partition coefficient (Wildman–Crippen LogP) is 4.16. The molecule has 2 aromatic carbocycles. The van der Waals surface area contributed by atoms with Crippen molar-refractivity contribution in [1.82, 2.24) is 9.97 Å². The van der Waals surface area contributed by atoms with Crippen molar-refractivity contribution in [3.63, 3.8) is 0 Å². The van der Waals surface area contributed by atoms with Crippen LogP contribution in [0.2, 0.25) is 0 Å². The van der Waals surface area contributed by atoms with Crippen LogP contribution in [-0.4, -0.2) is 42.5 Å². The number of anilines is 2. The maximum absolute atomic E-state index is 12.9. The molecule has 0 saturated carbocycles. The highest BCUT2D eigenvalue weighted by atomic mass is 16.5. The van der Waals surface area contributed by atoms with Crippen LogP contribution in [0.25, 0.3) is 22.2 Å². The molecular formula is C25H22N4O3. The molecule has 32 heavy (non-hydrogen) atoms. The van der Waals surface area contributed by atoms with Gasteiger partial charge >= 0.3 is 5.97 Å². The monoisotopic (exact) mass is 426 g/mol. The molecule has 0 bridgehead atoms. The predicted molar refractivity (Wildman–Crippen MR) is 125 cm³/mol. The van der Waals surface area contributed by atoms with Crippen molar-refractivity contribution in [3.05, 3.63) is 84.7 Å². The molecule has 0 unspecified atom stereocenters. The van der Waals surface area contributed by atoms with Gasteiger partial charge in [-0.3, -0.25) is 9.78 Å². The van der Waals surface area contributed by atoms with Crippen LogP contribution in [0, 0.1) is 0 Å². The van der Waals surface area contributed by atoms with Crippen molar-refractivity contribution < 1.29 is 14.3 Å². The highest BCUT2D eigenvalue weighted by Gasteiger charge is 2.16. The lowest BCUT2D eigenvalue weighted by Gasteiger charge is -2.13. The van der Waals surface area contributed by atoms with Crippen LogP contribution in [0.3, 0.4) is 0 Å². The van der Waals surface area contributed by atoms with Gasteiger partial charge in [-0.1, -0.05) is 18.2 Å². The Bertz CT molecular complexity index is 1260. The van der Waals surface area contributed by atoms with Gasteiger partial charge in [-0.2, -0.15) is 0 Å². The first-order valence-corrected chi connectivity index (χ1v) is 10.1. The third-order valence-corrected chi connectivity index (χ3v) is 4.90. The zero-order valence-electron chi connectivity index (χ0n) is 17.8. The minimum absolute atomic E-state index is 0.345. The Kier molecular flexibility index (Phi) is 6.07. The molecule has 4 aromatic rings. The van der Waals surface area contributed by atoms with Gasteiger partial charge in [0.1, 0.15) is 0 Å². The Morgan fingerprint density at radius 2 is 1.78 bits per heavy atom. The molecule has 0 radical (unpaired) electrons. The Labute approximate surface area is 185 Å². The first-order valence-electron chi connectivity index (χ1n) is 10.1. The molecule has 0 aliphatic carbocycles. The summed E-state index contributed by atoms with van der Waals surface area (Å²) in [5.74, 6) is -1.01. The smallest absolute Gasteiger partial charge is 0.339 e. The highest BCUT2D eigenvalue weighted by molar-refractivity contribution is 6.05. The van der Waals surface area contributed by atoms with E-state index in [-0.39, 0.29) is 0 Å². The number of carbonyl (C=O) groups excluding carboxylic acids is 2. The third-order valence-electron chi connectivity index (χ3n) is 4.90. The molecule has 0 aliphatic rings. The number of benzene rings is 2. The molecule has 160 valence electrons. The fourth-order valence-corrected chi connectivity index (χ4v) is 3.26. The minimum Gasteiger partial charge on any atom is -0.452 e. The summed E-state index contributed by atoms with van der Waals surface area (Å²) in [6, 6.07) is 20.0. The summed E-state index contributed by atoms with van der Waals surface area (Å²) in [6.45, 7) is -0.396. The number of para-hydroxylation sites is 1. The van der Waals surface area contributed by atoms with Crippen LogP contribution in [0.15, 0.2) is 79.1 Å². The van der Waals surface area contributed by atoms with E-state index in [9.17, 15) is 9.59 Å². The summed E-state index contributed by atoms with van der Waals surface area (Å²) in [6.07, 6.45) is 3.35. The first-order chi connectivity index (χ1) is 15.5. The van der Waals surface area contributed by atoms with Crippen molar-refractivity contribution in [1.29, 1.82) is 0 Å². The number of amides is 1. The zero-order chi connectivity index (χ0) is 22.5. The number of ether oxygens (including phenoxy) is 1. The van der Waals surface area contributed by atoms with Gasteiger partial charge in [0.15, 0.2) is 6.61 Å². The second-order valence-corrected chi connectivity index (χ2v) is 7.38. The standard InChI is InChI=1S/C25H22N4O3/c1-29(2)19-11-9-18(10-12-19)27-24(30)16-32-25(31)21-14-23(17-6-5-13-26-15-17)28-22-8-4-3-7-20(21)22/h3-15H,16H2,1-2H3,(H,27,30). The van der Waals surface area contributed by atoms with E-state index in [1.54, 1.807) is 42.7 Å². The molecule has 0 atom stereocenters. The van der Waals surface area contributed by atoms with Crippen LogP contribution in [0.1, 0.15) is 10.4 Å². The minimum atomic E-state index is -0.591. The average Bonchev–Trinajstić information content (AvgIpc) is 2.82. The highest BCUT2D eigenvalue weighted by Crippen LogP contribution is 2.25. The maximum Gasteiger partial charge on any atom is 0.339 e. The van der Waals surface area contributed by atoms with Gasteiger partial charge in [0.2, 0.25) is 0 Å². The molecule has 1 N–H and O–H groups in total. The number of pyridine rings is 2. The van der Waals surface area contributed by atoms with E-state index in [2.05, 4.69) is 15.3 Å². The van der Waals surface area contributed by atoms with Crippen molar-refractivity contribution in [2.24, 2.45) is 0 Å². The number of fused-ring (bicyclic) bond motifs is 1. The van der Waals surface area contributed by atoms with Gasteiger partial charge in [0.25, 0.3) is 5.91 Å². The molecule has 4 rings (SSSR count). The quantitative estimate of drug-likeness (QED) is 0.466. The topological polar surface area (TPSA) is 84.4 Å². The van der Waals surface area contributed by atoms with E-state index in [1.165, 1.54) is 0 Å². The third kappa shape index (κ3) is 4.73. The summed E-state index contributed by atoms with van der Waals surface area (Å²) in [7, 11) is 3.88. The molecule has 7 heteroatoms. The van der Waals surface area contributed by atoms with Gasteiger partial charge in [0.05, 0.1) is 16.8 Å². The number of carbonyl (C=O) groups is 2. The van der Waals surface area contributed by atoms with Crippen molar-refractivity contribution in [2.45, 2.75) is 0 Å². The summed E-state index contributed by atoms with van der Waals surface area (Å²) >= 11 is 0. The Morgan fingerprint density at radius 3 is 2.50 bits per heavy atom. The van der Waals surface area contributed by atoms with Crippen LogP contribution in [-0.2, 0) is 9.53 Å². The number of aromatic nitrogens is 2. The normalized spacial score (nSPS) is 10.6. The van der Waals surface area contributed by atoms with Gasteiger partial charge in [0, 0.05) is 48.8 Å². The van der Waals surface area contributed by atoms with Gasteiger partial charge < -0.3 is 15.0 Å².